The third-order valence-electron chi connectivity index (χ3n) is 3.29. The molecule has 1 N–H and O–H groups in total. The van der Waals surface area contributed by atoms with Crippen LogP contribution >= 0.6 is 11.3 Å². The van der Waals surface area contributed by atoms with E-state index in [1.807, 2.05) is 13.0 Å². The number of nitrogens with one attached hydrogen (secondary N) is 1. The lowest BCUT2D eigenvalue weighted by Crippen LogP contribution is -2.41. The Kier molecular flexibility index (Phi) is 3.82. The number of thiophene rings is 1. The maximum Gasteiger partial charge on any atom is 0.232 e. The minimum absolute atomic E-state index is 0.154. The van der Waals surface area contributed by atoms with Crippen LogP contribution in [0.1, 0.15) is 36.1 Å². The summed E-state index contributed by atoms with van der Waals surface area (Å²) in [7, 11) is 0. The standard InChI is InChI=1S/C12H15N3O2S/c1-8-6-9(7-13)12(18-8)14-10-4-2-3-5-11(10)15(16)17/h6,10-11,14H,2-5H2,1H3. The molecule has 1 aromatic rings. The average Bonchev–Trinajstić information content (AvgIpc) is 2.70. The highest BCUT2D eigenvalue weighted by molar-refractivity contribution is 7.16. The molecular formula is C12H15N3O2S. The lowest BCUT2D eigenvalue weighted by atomic mass is 9.91. The predicted molar refractivity (Wildman–Crippen MR) is 70.4 cm³/mol. The minimum Gasteiger partial charge on any atom is -0.366 e. The normalized spacial score (nSPS) is 23.3. The summed E-state index contributed by atoms with van der Waals surface area (Å²) in [6.45, 7) is 1.93. The van der Waals surface area contributed by atoms with Crippen LogP contribution in [0.25, 0.3) is 0 Å². The van der Waals surface area contributed by atoms with E-state index in [4.69, 9.17) is 5.26 Å². The molecule has 1 fully saturated rings. The third kappa shape index (κ3) is 2.62. The molecule has 0 spiro atoms. The molecule has 2 rings (SSSR count). The summed E-state index contributed by atoms with van der Waals surface area (Å²) >= 11 is 1.49. The Hall–Kier alpha value is -1.61. The van der Waals surface area contributed by atoms with Crippen molar-refractivity contribution < 1.29 is 4.92 Å². The van der Waals surface area contributed by atoms with Gasteiger partial charge in [0.2, 0.25) is 6.04 Å². The van der Waals surface area contributed by atoms with Crippen LogP contribution in [0.2, 0.25) is 0 Å². The topological polar surface area (TPSA) is 79.0 Å². The van der Waals surface area contributed by atoms with Gasteiger partial charge < -0.3 is 5.32 Å². The molecule has 0 amide bonds. The molecule has 2 unspecified atom stereocenters. The smallest absolute Gasteiger partial charge is 0.232 e. The van der Waals surface area contributed by atoms with Gasteiger partial charge in [-0.3, -0.25) is 10.1 Å². The van der Waals surface area contributed by atoms with Crippen LogP contribution in [0.15, 0.2) is 6.07 Å². The van der Waals surface area contributed by atoms with Crippen LogP contribution in [0.5, 0.6) is 0 Å². The van der Waals surface area contributed by atoms with Crippen LogP contribution in [0, 0.1) is 28.4 Å². The molecule has 0 aliphatic heterocycles. The van der Waals surface area contributed by atoms with Gasteiger partial charge in [0.25, 0.3) is 0 Å². The molecule has 6 heteroatoms. The third-order valence-corrected chi connectivity index (χ3v) is 4.27. The van der Waals surface area contributed by atoms with E-state index < -0.39 is 6.04 Å². The maximum atomic E-state index is 11.0. The van der Waals surface area contributed by atoms with E-state index in [9.17, 15) is 10.1 Å². The fourth-order valence-electron chi connectivity index (χ4n) is 2.40. The SMILES string of the molecule is Cc1cc(C#N)c(NC2CCCCC2[N+](=O)[O-])s1. The van der Waals surface area contributed by atoms with Crippen molar-refractivity contribution in [1.29, 1.82) is 5.26 Å². The van der Waals surface area contributed by atoms with Crippen molar-refractivity contribution in [2.45, 2.75) is 44.7 Å². The van der Waals surface area contributed by atoms with Gasteiger partial charge in [0.05, 0.1) is 11.6 Å². The van der Waals surface area contributed by atoms with Crippen LogP contribution < -0.4 is 5.32 Å². The lowest BCUT2D eigenvalue weighted by molar-refractivity contribution is -0.527. The van der Waals surface area contributed by atoms with E-state index in [-0.39, 0.29) is 11.0 Å². The first kappa shape index (κ1) is 12.8. The summed E-state index contributed by atoms with van der Waals surface area (Å²) in [6, 6.07) is 3.26. The van der Waals surface area contributed by atoms with E-state index in [2.05, 4.69) is 11.4 Å². The number of nitro groups is 1. The Morgan fingerprint density at radius 1 is 1.56 bits per heavy atom. The Morgan fingerprint density at radius 2 is 2.28 bits per heavy atom. The van der Waals surface area contributed by atoms with Gasteiger partial charge in [-0.25, -0.2) is 0 Å². The first-order chi connectivity index (χ1) is 8.61. The largest absolute Gasteiger partial charge is 0.366 e. The zero-order chi connectivity index (χ0) is 13.1. The Balaban J connectivity index is 2.16. The number of rotatable bonds is 3. The van der Waals surface area contributed by atoms with Crippen molar-refractivity contribution in [2.75, 3.05) is 5.32 Å². The van der Waals surface area contributed by atoms with Gasteiger partial charge >= 0.3 is 0 Å². The van der Waals surface area contributed by atoms with Crippen LogP contribution in [-0.2, 0) is 0 Å². The number of hydrogen-bond donors (Lipinski definition) is 1. The molecule has 5 nitrogen and oxygen atoms in total. The second-order valence-corrected chi connectivity index (χ2v) is 5.86. The van der Waals surface area contributed by atoms with E-state index >= 15 is 0 Å². The molecule has 0 aromatic carbocycles. The van der Waals surface area contributed by atoms with Gasteiger partial charge in [0, 0.05) is 16.2 Å². The molecular weight excluding hydrogens is 250 g/mol. The lowest BCUT2D eigenvalue weighted by Gasteiger charge is -2.26. The molecule has 1 heterocycles. The molecule has 1 aromatic heterocycles. The summed E-state index contributed by atoms with van der Waals surface area (Å²) in [5, 5.41) is 24.0. The molecule has 0 bridgehead atoms. The van der Waals surface area contributed by atoms with Gasteiger partial charge in [-0.1, -0.05) is 6.42 Å². The summed E-state index contributed by atoms with van der Waals surface area (Å²) in [4.78, 5) is 11.9. The van der Waals surface area contributed by atoms with Crippen molar-refractivity contribution in [3.05, 3.63) is 26.6 Å². The van der Waals surface area contributed by atoms with Crippen LogP contribution in [-0.4, -0.2) is 17.0 Å². The Bertz CT molecular complexity index is 492. The van der Waals surface area contributed by atoms with E-state index in [0.29, 0.717) is 12.0 Å². The fourth-order valence-corrected chi connectivity index (χ4v) is 3.33. The molecule has 1 aliphatic carbocycles. The van der Waals surface area contributed by atoms with Gasteiger partial charge in [-0.05, 0) is 25.8 Å². The van der Waals surface area contributed by atoms with Crippen molar-refractivity contribution in [2.24, 2.45) is 0 Å². The van der Waals surface area contributed by atoms with Gasteiger partial charge in [-0.2, -0.15) is 5.26 Å². The molecule has 2 atom stereocenters. The van der Waals surface area contributed by atoms with Gasteiger partial charge in [0.1, 0.15) is 11.1 Å². The molecule has 1 aliphatic rings. The maximum absolute atomic E-state index is 11.0. The molecule has 0 saturated heterocycles. The number of hydrogen-bond acceptors (Lipinski definition) is 5. The minimum atomic E-state index is -0.535. The number of nitrogens with zero attached hydrogens (tertiary/aromatic N) is 2. The fraction of sp³-hybridized carbons (Fsp3) is 0.583. The summed E-state index contributed by atoms with van der Waals surface area (Å²) in [5.41, 5.74) is 0.588. The molecule has 1 saturated carbocycles. The average molecular weight is 265 g/mol. The van der Waals surface area contributed by atoms with Crippen molar-refractivity contribution in [3.8, 4) is 6.07 Å². The Labute approximate surface area is 110 Å². The molecule has 18 heavy (non-hydrogen) atoms. The zero-order valence-corrected chi connectivity index (χ0v) is 11.0. The highest BCUT2D eigenvalue weighted by atomic mass is 32.1. The van der Waals surface area contributed by atoms with Crippen LogP contribution in [0.4, 0.5) is 5.00 Å². The van der Waals surface area contributed by atoms with E-state index in [1.54, 1.807) is 0 Å². The van der Waals surface area contributed by atoms with Gasteiger partial charge in [0.15, 0.2) is 0 Å². The first-order valence-corrected chi connectivity index (χ1v) is 6.84. The van der Waals surface area contributed by atoms with E-state index in [0.717, 1.165) is 29.1 Å². The highest BCUT2D eigenvalue weighted by Crippen LogP contribution is 2.31. The summed E-state index contributed by atoms with van der Waals surface area (Å²) < 4.78 is 0. The number of nitriles is 1. The monoisotopic (exact) mass is 265 g/mol. The van der Waals surface area contributed by atoms with Crippen molar-refractivity contribution in [3.63, 3.8) is 0 Å². The second kappa shape index (κ2) is 5.36. The van der Waals surface area contributed by atoms with Crippen LogP contribution in [0.3, 0.4) is 0 Å². The number of anilines is 1. The highest BCUT2D eigenvalue weighted by Gasteiger charge is 2.34. The quantitative estimate of drug-likeness (QED) is 0.673. The van der Waals surface area contributed by atoms with Crippen molar-refractivity contribution >= 4 is 16.3 Å². The second-order valence-electron chi connectivity index (χ2n) is 4.60. The first-order valence-electron chi connectivity index (χ1n) is 6.02. The van der Waals surface area contributed by atoms with E-state index in [1.165, 1.54) is 11.3 Å². The summed E-state index contributed by atoms with van der Waals surface area (Å²) in [5.74, 6) is 0. The summed E-state index contributed by atoms with van der Waals surface area (Å²) in [6.07, 6.45) is 3.34. The predicted octanol–water partition coefficient (Wildman–Crippen LogP) is 2.93. The number of aryl methyl sites for hydroxylation is 1. The Morgan fingerprint density at radius 3 is 2.94 bits per heavy atom. The van der Waals surface area contributed by atoms with Gasteiger partial charge in [-0.15, -0.1) is 11.3 Å². The molecule has 0 radical (unpaired) electrons. The van der Waals surface area contributed by atoms with Crippen molar-refractivity contribution in [1.82, 2.24) is 0 Å². The molecule has 96 valence electrons. The zero-order valence-electron chi connectivity index (χ0n) is 10.2.